The number of nitrogens with one attached hydrogen (secondary N) is 2. The molecule has 0 aliphatic carbocycles. The van der Waals surface area contributed by atoms with Gasteiger partial charge in [-0.15, -0.1) is 0 Å². The molecule has 1 aliphatic rings. The Balaban J connectivity index is 1.50. The van der Waals surface area contributed by atoms with E-state index in [4.69, 9.17) is 4.74 Å². The summed E-state index contributed by atoms with van der Waals surface area (Å²) in [5.74, 6) is 2.38. The number of likely N-dealkylation sites (tertiary alicyclic amines) is 1. The second kappa shape index (κ2) is 9.92. The number of carbonyl (C=O) groups excluding carboxylic acids is 1. The number of benzene rings is 1. The predicted octanol–water partition coefficient (Wildman–Crippen LogP) is 3.47. The molecule has 1 saturated heterocycles. The largest absolute Gasteiger partial charge is 0.450 e. The van der Waals surface area contributed by atoms with Crippen molar-refractivity contribution < 1.29 is 9.53 Å². The van der Waals surface area contributed by atoms with Gasteiger partial charge in [0.15, 0.2) is 0 Å². The standard InChI is InChI=1S/C21H29N5O2/c1-3-28-21(27)26-13-10-18(11-14-26)25-20-15-19(23-16(2)24-20)22-12-9-17-7-5-4-6-8-17/h4-8,15,18H,3,9-14H2,1-2H3,(H2,22,23,24,25). The van der Waals surface area contributed by atoms with Gasteiger partial charge < -0.3 is 20.3 Å². The van der Waals surface area contributed by atoms with Crippen LogP contribution in [0.5, 0.6) is 0 Å². The van der Waals surface area contributed by atoms with E-state index in [1.165, 1.54) is 5.56 Å². The van der Waals surface area contributed by atoms with Gasteiger partial charge in [-0.05, 0) is 38.7 Å². The monoisotopic (exact) mass is 383 g/mol. The molecule has 7 nitrogen and oxygen atoms in total. The van der Waals surface area contributed by atoms with Crippen LogP contribution in [0.4, 0.5) is 16.4 Å². The van der Waals surface area contributed by atoms with Crippen LogP contribution in [0.25, 0.3) is 0 Å². The number of carbonyl (C=O) groups is 1. The van der Waals surface area contributed by atoms with Gasteiger partial charge in [0, 0.05) is 31.7 Å². The van der Waals surface area contributed by atoms with Crippen LogP contribution in [0.3, 0.4) is 0 Å². The van der Waals surface area contributed by atoms with Crippen molar-refractivity contribution in [1.82, 2.24) is 14.9 Å². The molecule has 7 heteroatoms. The fourth-order valence-electron chi connectivity index (χ4n) is 3.34. The number of amides is 1. The van der Waals surface area contributed by atoms with E-state index in [-0.39, 0.29) is 12.1 Å². The summed E-state index contributed by atoms with van der Waals surface area (Å²) >= 11 is 0. The first kappa shape index (κ1) is 19.9. The Bertz CT molecular complexity index is 761. The van der Waals surface area contributed by atoms with Crippen molar-refractivity contribution >= 4 is 17.7 Å². The van der Waals surface area contributed by atoms with Crippen molar-refractivity contribution in [2.24, 2.45) is 0 Å². The third-order valence-electron chi connectivity index (χ3n) is 4.77. The van der Waals surface area contributed by atoms with E-state index in [0.717, 1.165) is 43.3 Å². The molecule has 28 heavy (non-hydrogen) atoms. The summed E-state index contributed by atoms with van der Waals surface area (Å²) in [6, 6.07) is 12.6. The molecule has 1 aromatic carbocycles. The van der Waals surface area contributed by atoms with Crippen molar-refractivity contribution in [2.75, 3.05) is 36.9 Å². The van der Waals surface area contributed by atoms with Gasteiger partial charge in [-0.25, -0.2) is 14.8 Å². The molecule has 0 bridgehead atoms. The van der Waals surface area contributed by atoms with Gasteiger partial charge in [0.1, 0.15) is 17.5 Å². The van der Waals surface area contributed by atoms with E-state index in [1.54, 1.807) is 4.90 Å². The molecule has 150 valence electrons. The van der Waals surface area contributed by atoms with Gasteiger partial charge in [0.25, 0.3) is 0 Å². The van der Waals surface area contributed by atoms with Crippen LogP contribution >= 0.6 is 0 Å². The first-order chi connectivity index (χ1) is 13.6. The topological polar surface area (TPSA) is 79.4 Å². The first-order valence-electron chi connectivity index (χ1n) is 9.95. The molecule has 1 fully saturated rings. The summed E-state index contributed by atoms with van der Waals surface area (Å²) in [6.45, 7) is 6.35. The average molecular weight is 383 g/mol. The number of aryl methyl sites for hydroxylation is 1. The zero-order chi connectivity index (χ0) is 19.8. The lowest BCUT2D eigenvalue weighted by Crippen LogP contribution is -2.42. The summed E-state index contributed by atoms with van der Waals surface area (Å²) in [5, 5.41) is 6.88. The van der Waals surface area contributed by atoms with Crippen LogP contribution in [0.1, 0.15) is 31.2 Å². The lowest BCUT2D eigenvalue weighted by molar-refractivity contribution is 0.0983. The zero-order valence-electron chi connectivity index (χ0n) is 16.6. The van der Waals surface area contributed by atoms with Crippen molar-refractivity contribution in [3.63, 3.8) is 0 Å². The highest BCUT2D eigenvalue weighted by Crippen LogP contribution is 2.18. The van der Waals surface area contributed by atoms with Crippen molar-refractivity contribution in [1.29, 1.82) is 0 Å². The van der Waals surface area contributed by atoms with E-state index in [1.807, 2.05) is 26.0 Å². The van der Waals surface area contributed by atoms with Gasteiger partial charge in [-0.1, -0.05) is 30.3 Å². The molecular formula is C21H29N5O2. The maximum Gasteiger partial charge on any atom is 0.409 e. The van der Waals surface area contributed by atoms with E-state index < -0.39 is 0 Å². The van der Waals surface area contributed by atoms with Crippen molar-refractivity contribution in [2.45, 2.75) is 39.2 Å². The number of rotatable bonds is 7. The Morgan fingerprint density at radius 2 is 1.89 bits per heavy atom. The van der Waals surface area contributed by atoms with Gasteiger partial charge in [-0.2, -0.15) is 0 Å². The molecule has 1 aromatic heterocycles. The summed E-state index contributed by atoms with van der Waals surface area (Å²) in [7, 11) is 0. The van der Waals surface area contributed by atoms with Gasteiger partial charge in [0.05, 0.1) is 6.61 Å². The Hall–Kier alpha value is -2.83. The second-order valence-electron chi connectivity index (χ2n) is 6.95. The van der Waals surface area contributed by atoms with E-state index in [2.05, 4.69) is 44.9 Å². The number of ether oxygens (including phenoxy) is 1. The maximum absolute atomic E-state index is 11.8. The van der Waals surface area contributed by atoms with Crippen LogP contribution in [-0.4, -0.2) is 53.2 Å². The minimum absolute atomic E-state index is 0.219. The molecule has 0 unspecified atom stereocenters. The van der Waals surface area contributed by atoms with Gasteiger partial charge in [-0.3, -0.25) is 0 Å². The molecule has 1 amide bonds. The molecule has 0 radical (unpaired) electrons. The number of hydrogen-bond acceptors (Lipinski definition) is 6. The Kier molecular flexibility index (Phi) is 7.06. The molecule has 1 aliphatic heterocycles. The van der Waals surface area contributed by atoms with Crippen LogP contribution in [0, 0.1) is 6.92 Å². The van der Waals surface area contributed by atoms with E-state index in [0.29, 0.717) is 19.7 Å². The molecule has 2 heterocycles. The van der Waals surface area contributed by atoms with Crippen molar-refractivity contribution in [3.8, 4) is 0 Å². The number of aromatic nitrogens is 2. The fourth-order valence-corrected chi connectivity index (χ4v) is 3.34. The van der Waals surface area contributed by atoms with Gasteiger partial charge >= 0.3 is 6.09 Å². The molecule has 3 rings (SSSR count). The van der Waals surface area contributed by atoms with Crippen LogP contribution in [-0.2, 0) is 11.2 Å². The third kappa shape index (κ3) is 5.84. The van der Waals surface area contributed by atoms with E-state index >= 15 is 0 Å². The van der Waals surface area contributed by atoms with Gasteiger partial charge in [0.2, 0.25) is 0 Å². The highest BCUT2D eigenvalue weighted by Gasteiger charge is 2.23. The Labute approximate surface area is 166 Å². The lowest BCUT2D eigenvalue weighted by Gasteiger charge is -2.31. The smallest absolute Gasteiger partial charge is 0.409 e. The SMILES string of the molecule is CCOC(=O)N1CCC(Nc2cc(NCCc3ccccc3)nc(C)n2)CC1. The highest BCUT2D eigenvalue weighted by atomic mass is 16.6. The highest BCUT2D eigenvalue weighted by molar-refractivity contribution is 5.67. The number of hydrogen-bond donors (Lipinski definition) is 2. The first-order valence-corrected chi connectivity index (χ1v) is 9.95. The third-order valence-corrected chi connectivity index (χ3v) is 4.77. The quantitative estimate of drug-likeness (QED) is 0.762. The van der Waals surface area contributed by atoms with Crippen LogP contribution < -0.4 is 10.6 Å². The molecule has 0 spiro atoms. The molecule has 0 atom stereocenters. The number of piperidine rings is 1. The predicted molar refractivity (Wildman–Crippen MR) is 111 cm³/mol. The molecule has 2 aromatic rings. The van der Waals surface area contributed by atoms with Crippen molar-refractivity contribution in [3.05, 3.63) is 47.8 Å². The second-order valence-corrected chi connectivity index (χ2v) is 6.95. The van der Waals surface area contributed by atoms with E-state index in [9.17, 15) is 4.79 Å². The molecule has 0 saturated carbocycles. The summed E-state index contributed by atoms with van der Waals surface area (Å²) in [5.41, 5.74) is 1.30. The normalized spacial score (nSPS) is 14.6. The number of anilines is 2. The van der Waals surface area contributed by atoms with Crippen LogP contribution in [0.15, 0.2) is 36.4 Å². The molecule has 2 N–H and O–H groups in total. The lowest BCUT2D eigenvalue weighted by atomic mass is 10.1. The minimum Gasteiger partial charge on any atom is -0.450 e. The fraction of sp³-hybridized carbons (Fsp3) is 0.476. The Morgan fingerprint density at radius 3 is 2.61 bits per heavy atom. The zero-order valence-corrected chi connectivity index (χ0v) is 16.6. The molecular weight excluding hydrogens is 354 g/mol. The maximum atomic E-state index is 11.8. The summed E-state index contributed by atoms with van der Waals surface area (Å²) in [4.78, 5) is 22.6. The number of nitrogens with zero attached hydrogens (tertiary/aromatic N) is 3. The van der Waals surface area contributed by atoms with Crippen LogP contribution in [0.2, 0.25) is 0 Å². The minimum atomic E-state index is -0.219. The summed E-state index contributed by atoms with van der Waals surface area (Å²) < 4.78 is 5.07. The Morgan fingerprint density at radius 1 is 1.18 bits per heavy atom. The average Bonchev–Trinajstić information content (AvgIpc) is 2.69. The summed E-state index contributed by atoms with van der Waals surface area (Å²) in [6.07, 6.45) is 2.47.